The lowest BCUT2D eigenvalue weighted by Gasteiger charge is -2.33. The van der Waals surface area contributed by atoms with Crippen LogP contribution in [0.15, 0.2) is 29.6 Å². The smallest absolute Gasteiger partial charge is 0.342 e. The highest BCUT2D eigenvalue weighted by molar-refractivity contribution is 5.94. The average molecular weight is 569 g/mol. The first-order valence-corrected chi connectivity index (χ1v) is 12.7. The molecule has 0 radical (unpaired) electrons. The van der Waals surface area contributed by atoms with Gasteiger partial charge in [-0.2, -0.15) is 28.2 Å². The molecule has 1 atom stereocenters. The predicted octanol–water partition coefficient (Wildman–Crippen LogP) is 4.56. The minimum absolute atomic E-state index is 0.115. The number of carbonyl (C=O) groups is 2. The Morgan fingerprint density at radius 3 is 2.52 bits per heavy atom. The molecule has 3 aromatic heterocycles. The van der Waals surface area contributed by atoms with Gasteiger partial charge in [-0.3, -0.25) is 9.59 Å². The van der Waals surface area contributed by atoms with Crippen molar-refractivity contribution < 1.29 is 31.5 Å². The topological polar surface area (TPSA) is 119 Å². The van der Waals surface area contributed by atoms with Gasteiger partial charge in [0.15, 0.2) is 11.3 Å². The van der Waals surface area contributed by atoms with Crippen LogP contribution in [-0.4, -0.2) is 59.7 Å². The van der Waals surface area contributed by atoms with Crippen molar-refractivity contribution in [1.82, 2.24) is 34.9 Å². The van der Waals surface area contributed by atoms with Gasteiger partial charge in [0.2, 0.25) is 5.92 Å². The van der Waals surface area contributed by atoms with Crippen molar-refractivity contribution >= 4 is 23.7 Å². The summed E-state index contributed by atoms with van der Waals surface area (Å²) in [5, 5.41) is 14.6. The number of amides is 2. The van der Waals surface area contributed by atoms with Gasteiger partial charge in [-0.15, -0.1) is 5.10 Å². The van der Waals surface area contributed by atoms with E-state index in [2.05, 4.69) is 30.6 Å². The van der Waals surface area contributed by atoms with Gasteiger partial charge in [-0.05, 0) is 24.8 Å². The minimum Gasteiger partial charge on any atom is -0.342 e. The molecule has 0 spiro atoms. The van der Waals surface area contributed by atoms with Gasteiger partial charge in [0.25, 0.3) is 11.8 Å². The molecule has 40 heavy (non-hydrogen) atoms. The lowest BCUT2D eigenvalue weighted by molar-refractivity contribution is -0.137. The number of aryl methyl sites for hydroxylation is 1. The standard InChI is InChI=1S/C25H29F5N8O2/c1-23(2,3)22(40)31-11-15-10-19-34-18(14-37(19)32-12-15)20(16-4-6-24(26,27)7-5-16)35-21(39)17-13-33-38(36-17)9-8-25(28,29)30/h10-14,16,20H,4-9H2,1-3H3,(H,35,39)/t20-/m0/s1. The molecule has 2 amide bonds. The van der Waals surface area contributed by atoms with Crippen LogP contribution in [0.5, 0.6) is 0 Å². The van der Waals surface area contributed by atoms with E-state index in [1.807, 2.05) is 0 Å². The molecule has 1 aliphatic carbocycles. The predicted molar refractivity (Wildman–Crippen MR) is 133 cm³/mol. The van der Waals surface area contributed by atoms with Crippen molar-refractivity contribution in [3.8, 4) is 0 Å². The molecule has 216 valence electrons. The third-order valence-electron chi connectivity index (χ3n) is 6.54. The zero-order chi connectivity index (χ0) is 29.3. The highest BCUT2D eigenvalue weighted by Gasteiger charge is 2.39. The van der Waals surface area contributed by atoms with E-state index >= 15 is 0 Å². The SMILES string of the molecule is CC(C)(C)C(=O)N=Cc1cnn2cc([C@@H](NC(=O)c3cnn(CCC(F)(F)F)n3)C3CCC(F)(F)CC3)nc2c1. The van der Waals surface area contributed by atoms with Crippen molar-refractivity contribution in [3.63, 3.8) is 0 Å². The molecule has 0 aliphatic heterocycles. The second-order valence-corrected chi connectivity index (χ2v) is 10.9. The van der Waals surface area contributed by atoms with Crippen LogP contribution < -0.4 is 5.32 Å². The molecule has 10 nitrogen and oxygen atoms in total. The summed E-state index contributed by atoms with van der Waals surface area (Å²) in [6.07, 6.45) is -0.582. The van der Waals surface area contributed by atoms with Gasteiger partial charge in [-0.25, -0.2) is 23.3 Å². The zero-order valence-corrected chi connectivity index (χ0v) is 22.1. The lowest BCUT2D eigenvalue weighted by Crippen LogP contribution is -2.37. The zero-order valence-electron chi connectivity index (χ0n) is 22.1. The summed E-state index contributed by atoms with van der Waals surface area (Å²) >= 11 is 0. The summed E-state index contributed by atoms with van der Waals surface area (Å²) in [7, 11) is 0. The number of alkyl halides is 5. The van der Waals surface area contributed by atoms with Crippen LogP contribution in [0, 0.1) is 11.3 Å². The number of carbonyl (C=O) groups excluding carboxylic acids is 2. The van der Waals surface area contributed by atoms with Gasteiger partial charge >= 0.3 is 6.18 Å². The lowest BCUT2D eigenvalue weighted by atomic mass is 9.81. The fourth-order valence-corrected chi connectivity index (χ4v) is 4.24. The Bertz CT molecular complexity index is 1400. The Labute approximate surface area is 226 Å². The van der Waals surface area contributed by atoms with Crippen molar-refractivity contribution in [3.05, 3.63) is 41.6 Å². The second kappa shape index (κ2) is 11.0. The summed E-state index contributed by atoms with van der Waals surface area (Å²) in [6.45, 7) is 4.68. The molecular formula is C25H29F5N8O2. The number of hydrogen-bond acceptors (Lipinski definition) is 6. The third-order valence-corrected chi connectivity index (χ3v) is 6.54. The molecular weight excluding hydrogens is 539 g/mol. The number of fused-ring (bicyclic) bond motifs is 1. The highest BCUT2D eigenvalue weighted by Crippen LogP contribution is 2.41. The summed E-state index contributed by atoms with van der Waals surface area (Å²) in [6, 6.07) is 0.834. The molecule has 0 bridgehead atoms. The normalized spacial score (nSPS) is 17.4. The van der Waals surface area contributed by atoms with E-state index in [4.69, 9.17) is 0 Å². The maximum Gasteiger partial charge on any atom is 0.390 e. The molecule has 1 N–H and O–H groups in total. The Morgan fingerprint density at radius 1 is 1.18 bits per heavy atom. The first-order valence-electron chi connectivity index (χ1n) is 12.7. The molecule has 3 aromatic rings. The second-order valence-electron chi connectivity index (χ2n) is 10.9. The molecule has 15 heteroatoms. The summed E-state index contributed by atoms with van der Waals surface area (Å²) in [5.41, 5.74) is 0.384. The number of aliphatic imine (C=N–C) groups is 1. The van der Waals surface area contributed by atoms with E-state index in [0.717, 1.165) is 11.0 Å². The molecule has 1 aliphatic rings. The fourth-order valence-electron chi connectivity index (χ4n) is 4.24. The monoisotopic (exact) mass is 568 g/mol. The number of nitrogens with one attached hydrogen (secondary N) is 1. The number of rotatable bonds is 7. The van der Waals surface area contributed by atoms with E-state index < -0.39 is 42.4 Å². The molecule has 4 rings (SSSR count). The van der Waals surface area contributed by atoms with Crippen LogP contribution in [0.2, 0.25) is 0 Å². The minimum atomic E-state index is -4.41. The van der Waals surface area contributed by atoms with E-state index in [-0.39, 0.29) is 43.2 Å². The number of nitrogens with zero attached hydrogens (tertiary/aromatic N) is 7. The van der Waals surface area contributed by atoms with Crippen LogP contribution >= 0.6 is 0 Å². The Morgan fingerprint density at radius 2 is 1.88 bits per heavy atom. The molecule has 3 heterocycles. The van der Waals surface area contributed by atoms with Crippen molar-refractivity contribution in [2.45, 2.75) is 77.6 Å². The number of imidazole rings is 1. The number of hydrogen-bond donors (Lipinski definition) is 1. The van der Waals surface area contributed by atoms with Crippen LogP contribution in [0.1, 0.15) is 80.7 Å². The van der Waals surface area contributed by atoms with Crippen molar-refractivity contribution in [1.29, 1.82) is 0 Å². The Balaban J connectivity index is 1.57. The first kappa shape index (κ1) is 29.2. The Kier molecular flexibility index (Phi) is 8.04. The van der Waals surface area contributed by atoms with Crippen LogP contribution in [0.4, 0.5) is 22.0 Å². The van der Waals surface area contributed by atoms with Gasteiger partial charge in [0, 0.05) is 30.0 Å². The summed E-state index contributed by atoms with van der Waals surface area (Å²) in [4.78, 5) is 34.4. The summed E-state index contributed by atoms with van der Waals surface area (Å²) in [5.74, 6) is -4.23. The molecule has 1 fully saturated rings. The van der Waals surface area contributed by atoms with Gasteiger partial charge in [0.1, 0.15) is 0 Å². The van der Waals surface area contributed by atoms with Crippen LogP contribution in [-0.2, 0) is 11.3 Å². The van der Waals surface area contributed by atoms with Crippen molar-refractivity contribution in [2.24, 2.45) is 16.3 Å². The largest absolute Gasteiger partial charge is 0.390 e. The maximum atomic E-state index is 13.9. The molecule has 1 saturated carbocycles. The highest BCUT2D eigenvalue weighted by atomic mass is 19.4. The first-order chi connectivity index (χ1) is 18.6. The van der Waals surface area contributed by atoms with Crippen molar-refractivity contribution in [2.75, 3.05) is 0 Å². The average Bonchev–Trinajstić information content (AvgIpc) is 3.50. The van der Waals surface area contributed by atoms with Gasteiger partial charge < -0.3 is 5.32 Å². The van der Waals surface area contributed by atoms with Crippen LogP contribution in [0.25, 0.3) is 5.65 Å². The molecule has 0 saturated heterocycles. The molecule has 0 unspecified atom stereocenters. The summed E-state index contributed by atoms with van der Waals surface area (Å²) < 4.78 is 66.8. The maximum absolute atomic E-state index is 13.9. The van der Waals surface area contributed by atoms with E-state index in [9.17, 15) is 31.5 Å². The van der Waals surface area contributed by atoms with Gasteiger partial charge in [0.05, 0.1) is 43.3 Å². The van der Waals surface area contributed by atoms with E-state index in [0.29, 0.717) is 16.9 Å². The quantitative estimate of drug-likeness (QED) is 0.330. The third kappa shape index (κ3) is 7.45. The van der Waals surface area contributed by atoms with E-state index in [1.165, 1.54) is 16.9 Å². The number of halogens is 5. The fraction of sp³-hybridized carbons (Fsp3) is 0.560. The van der Waals surface area contributed by atoms with Gasteiger partial charge in [-0.1, -0.05) is 20.8 Å². The molecule has 0 aromatic carbocycles. The number of aromatic nitrogens is 6. The Hall–Kier alpha value is -3.78. The van der Waals surface area contributed by atoms with E-state index in [1.54, 1.807) is 33.0 Å². The van der Waals surface area contributed by atoms with Crippen LogP contribution in [0.3, 0.4) is 0 Å².